The van der Waals surface area contributed by atoms with Gasteiger partial charge in [0.2, 0.25) is 5.91 Å². The average molecular weight is 291 g/mol. The molecule has 3 rings (SSSR count). The van der Waals surface area contributed by atoms with E-state index < -0.39 is 0 Å². The lowest BCUT2D eigenvalue weighted by Crippen LogP contribution is -2.43. The third-order valence-corrected chi connectivity index (χ3v) is 3.74. The zero-order valence-corrected chi connectivity index (χ0v) is 11.6. The van der Waals surface area contributed by atoms with Crippen molar-refractivity contribution in [2.45, 2.75) is 37.3 Å². The lowest BCUT2D eigenvalue weighted by molar-refractivity contribution is -0.120. The topological polar surface area (TPSA) is 70.2 Å². The van der Waals surface area contributed by atoms with Crippen LogP contribution in [-0.4, -0.2) is 30.6 Å². The molecule has 2 fully saturated rings. The Labute approximate surface area is 122 Å². The maximum Gasteiger partial charge on any atom is 0.315 e. The number of carbonyl (C=O) groups excluding carboxylic acids is 2. The lowest BCUT2D eigenvalue weighted by atomic mass is 10.1. The van der Waals surface area contributed by atoms with E-state index in [4.69, 9.17) is 0 Å². The van der Waals surface area contributed by atoms with Gasteiger partial charge < -0.3 is 16.0 Å². The van der Waals surface area contributed by atoms with Crippen LogP contribution in [-0.2, 0) is 4.79 Å². The van der Waals surface area contributed by atoms with Crippen LogP contribution >= 0.6 is 0 Å². The van der Waals surface area contributed by atoms with Crippen LogP contribution in [0.3, 0.4) is 0 Å². The second kappa shape index (κ2) is 5.71. The second-order valence-electron chi connectivity index (χ2n) is 5.67. The lowest BCUT2D eigenvalue weighted by Gasteiger charge is -2.07. The van der Waals surface area contributed by atoms with Crippen molar-refractivity contribution in [3.8, 4) is 0 Å². The highest BCUT2D eigenvalue weighted by molar-refractivity contribution is 5.84. The maximum absolute atomic E-state index is 13.1. The number of benzene rings is 1. The summed E-state index contributed by atoms with van der Waals surface area (Å²) in [5.41, 5.74) is 0.903. The Bertz CT molecular complexity index is 560. The van der Waals surface area contributed by atoms with Crippen molar-refractivity contribution in [2.75, 3.05) is 6.54 Å². The van der Waals surface area contributed by atoms with Gasteiger partial charge in [0, 0.05) is 18.0 Å². The molecular weight excluding hydrogens is 273 g/mol. The fraction of sp³-hybridized carbons (Fsp3) is 0.467. The number of amides is 3. The Balaban J connectivity index is 1.39. The van der Waals surface area contributed by atoms with Gasteiger partial charge in [-0.1, -0.05) is 12.1 Å². The third kappa shape index (κ3) is 3.93. The monoisotopic (exact) mass is 291 g/mol. The van der Waals surface area contributed by atoms with E-state index in [1.807, 2.05) is 6.07 Å². The number of rotatable bonds is 5. The van der Waals surface area contributed by atoms with Crippen molar-refractivity contribution in [2.24, 2.45) is 0 Å². The van der Waals surface area contributed by atoms with E-state index in [1.54, 1.807) is 6.07 Å². The quantitative estimate of drug-likeness (QED) is 0.764. The predicted octanol–water partition coefficient (Wildman–Crippen LogP) is 1.26. The van der Waals surface area contributed by atoms with Crippen molar-refractivity contribution in [3.63, 3.8) is 0 Å². The molecule has 2 atom stereocenters. The summed E-state index contributed by atoms with van der Waals surface area (Å²) in [6, 6.07) is 6.44. The first-order valence-electron chi connectivity index (χ1n) is 7.21. The molecule has 1 aromatic carbocycles. The molecule has 3 amide bonds. The molecule has 2 aliphatic rings. The Kier molecular flexibility index (Phi) is 3.77. The average Bonchev–Trinajstić information content (AvgIpc) is 3.33. The summed E-state index contributed by atoms with van der Waals surface area (Å²) in [4.78, 5) is 23.1. The molecule has 0 aromatic heterocycles. The van der Waals surface area contributed by atoms with Gasteiger partial charge in [0.25, 0.3) is 0 Å². The molecule has 6 heteroatoms. The molecule has 2 saturated carbocycles. The van der Waals surface area contributed by atoms with Crippen molar-refractivity contribution in [1.29, 1.82) is 0 Å². The molecule has 0 heterocycles. The maximum atomic E-state index is 13.1. The molecule has 112 valence electrons. The zero-order valence-electron chi connectivity index (χ0n) is 11.6. The van der Waals surface area contributed by atoms with Gasteiger partial charge in [0.05, 0.1) is 6.54 Å². The van der Waals surface area contributed by atoms with E-state index in [2.05, 4.69) is 16.0 Å². The summed E-state index contributed by atoms with van der Waals surface area (Å²) < 4.78 is 13.1. The van der Waals surface area contributed by atoms with Crippen molar-refractivity contribution < 1.29 is 14.0 Å². The minimum absolute atomic E-state index is 0.0348. The molecule has 0 aliphatic heterocycles. The molecule has 0 spiro atoms. The molecule has 0 radical (unpaired) electrons. The minimum Gasteiger partial charge on any atom is -0.351 e. The molecule has 0 bridgehead atoms. The molecule has 3 N–H and O–H groups in total. The highest BCUT2D eigenvalue weighted by atomic mass is 19.1. The van der Waals surface area contributed by atoms with Crippen LogP contribution in [0.25, 0.3) is 0 Å². The summed E-state index contributed by atoms with van der Waals surface area (Å²) in [5.74, 6) is -0.308. The SMILES string of the molecule is O=C(CNC(=O)NC1CC1)N[C@@H]1C[C@H]1c1cccc(F)c1. The van der Waals surface area contributed by atoms with Crippen molar-refractivity contribution in [3.05, 3.63) is 35.6 Å². The Morgan fingerprint density at radius 1 is 1.24 bits per heavy atom. The van der Waals surface area contributed by atoms with E-state index in [9.17, 15) is 14.0 Å². The van der Waals surface area contributed by atoms with Crippen LogP contribution in [0.4, 0.5) is 9.18 Å². The summed E-state index contributed by atoms with van der Waals surface area (Å²) in [7, 11) is 0. The highest BCUT2D eigenvalue weighted by Gasteiger charge is 2.39. The fourth-order valence-corrected chi connectivity index (χ4v) is 2.34. The third-order valence-electron chi connectivity index (χ3n) is 3.74. The van der Waals surface area contributed by atoms with Crippen LogP contribution in [0.1, 0.15) is 30.7 Å². The number of nitrogens with one attached hydrogen (secondary N) is 3. The van der Waals surface area contributed by atoms with Gasteiger partial charge in [0.15, 0.2) is 0 Å². The molecule has 2 aliphatic carbocycles. The molecule has 0 saturated heterocycles. The van der Waals surface area contributed by atoms with Crippen LogP contribution < -0.4 is 16.0 Å². The standard InChI is InChI=1S/C15H18FN3O2/c16-10-3-1-2-9(6-10)12-7-13(12)19-14(20)8-17-15(21)18-11-4-5-11/h1-3,6,11-13H,4-5,7-8H2,(H,19,20)(H2,17,18,21)/t12-,13+/m0/s1. The molecule has 1 aromatic rings. The van der Waals surface area contributed by atoms with Crippen molar-refractivity contribution in [1.82, 2.24) is 16.0 Å². The van der Waals surface area contributed by atoms with Gasteiger partial charge >= 0.3 is 6.03 Å². The van der Waals surface area contributed by atoms with Gasteiger partial charge in [-0.25, -0.2) is 9.18 Å². The van der Waals surface area contributed by atoms with Crippen molar-refractivity contribution >= 4 is 11.9 Å². The first-order chi connectivity index (χ1) is 10.1. The number of hydrogen-bond donors (Lipinski definition) is 3. The van der Waals surface area contributed by atoms with E-state index in [0.717, 1.165) is 24.8 Å². The fourth-order valence-electron chi connectivity index (χ4n) is 2.34. The van der Waals surface area contributed by atoms with E-state index in [1.165, 1.54) is 12.1 Å². The van der Waals surface area contributed by atoms with E-state index in [0.29, 0.717) is 0 Å². The van der Waals surface area contributed by atoms with Gasteiger partial charge in [-0.3, -0.25) is 4.79 Å². The minimum atomic E-state index is -0.301. The van der Waals surface area contributed by atoms with Crippen LogP contribution in [0, 0.1) is 5.82 Å². The smallest absolute Gasteiger partial charge is 0.315 e. The summed E-state index contributed by atoms with van der Waals surface area (Å²) >= 11 is 0. The molecule has 21 heavy (non-hydrogen) atoms. The summed E-state index contributed by atoms with van der Waals surface area (Å²) in [5, 5.41) is 8.12. The second-order valence-corrected chi connectivity index (χ2v) is 5.67. The number of urea groups is 1. The number of carbonyl (C=O) groups is 2. The Hall–Kier alpha value is -2.11. The number of halogens is 1. The summed E-state index contributed by atoms with van der Waals surface area (Å²) in [6.45, 7) is -0.0368. The molecule has 5 nitrogen and oxygen atoms in total. The normalized spacial score (nSPS) is 23.3. The molecule has 0 unspecified atom stereocenters. The number of hydrogen-bond acceptors (Lipinski definition) is 2. The highest BCUT2D eigenvalue weighted by Crippen LogP contribution is 2.40. The zero-order chi connectivity index (χ0) is 14.8. The van der Waals surface area contributed by atoms with Crippen LogP contribution in [0.2, 0.25) is 0 Å². The van der Waals surface area contributed by atoms with Crippen LogP contribution in [0.5, 0.6) is 0 Å². The van der Waals surface area contributed by atoms with Gasteiger partial charge in [-0.05, 0) is 37.0 Å². The predicted molar refractivity (Wildman–Crippen MR) is 75.2 cm³/mol. The van der Waals surface area contributed by atoms with E-state index in [-0.39, 0.29) is 42.3 Å². The van der Waals surface area contributed by atoms with Gasteiger partial charge in [-0.2, -0.15) is 0 Å². The van der Waals surface area contributed by atoms with Crippen LogP contribution in [0.15, 0.2) is 24.3 Å². The first-order valence-corrected chi connectivity index (χ1v) is 7.21. The molecular formula is C15H18FN3O2. The Morgan fingerprint density at radius 3 is 2.76 bits per heavy atom. The first kappa shape index (κ1) is 13.9. The Morgan fingerprint density at radius 2 is 2.05 bits per heavy atom. The van der Waals surface area contributed by atoms with Gasteiger partial charge in [-0.15, -0.1) is 0 Å². The van der Waals surface area contributed by atoms with E-state index >= 15 is 0 Å². The summed E-state index contributed by atoms with van der Waals surface area (Å²) in [6.07, 6.45) is 2.83. The van der Waals surface area contributed by atoms with Gasteiger partial charge in [0.1, 0.15) is 5.82 Å². The largest absolute Gasteiger partial charge is 0.351 e.